The molecule has 6 nitrogen and oxygen atoms in total. The molecule has 0 spiro atoms. The van der Waals surface area contributed by atoms with Crippen LogP contribution in [0.2, 0.25) is 15.1 Å². The molecular formula is C29H38Cl3N5O. The zero-order valence-electron chi connectivity index (χ0n) is 22.4. The minimum atomic E-state index is -0.165. The maximum atomic E-state index is 13.0. The van der Waals surface area contributed by atoms with Crippen LogP contribution in [-0.2, 0) is 6.42 Å². The Kier molecular flexibility index (Phi) is 10.2. The summed E-state index contributed by atoms with van der Waals surface area (Å²) >= 11 is 19.0. The largest absolute Gasteiger partial charge is 0.352 e. The third-order valence-electron chi connectivity index (χ3n) is 7.24. The summed E-state index contributed by atoms with van der Waals surface area (Å²) in [6.45, 7) is 8.53. The van der Waals surface area contributed by atoms with Gasteiger partial charge in [0.05, 0.1) is 16.8 Å². The average Bonchev–Trinajstić information content (AvgIpc) is 2.87. The van der Waals surface area contributed by atoms with Gasteiger partial charge in [-0.3, -0.25) is 4.79 Å². The van der Waals surface area contributed by atoms with Crippen molar-refractivity contribution in [1.82, 2.24) is 15.5 Å². The fraction of sp³-hybridized carbons (Fsp3) is 0.517. The molecule has 0 radical (unpaired) electrons. The van der Waals surface area contributed by atoms with E-state index in [1.165, 1.54) is 19.3 Å². The van der Waals surface area contributed by atoms with Crippen LogP contribution < -0.4 is 16.0 Å². The second kappa shape index (κ2) is 13.4. The number of carbonyl (C=O) groups excluding carboxylic acids is 1. The molecule has 1 aliphatic heterocycles. The number of aliphatic imine (C=N–C) groups is 1. The van der Waals surface area contributed by atoms with Crippen molar-refractivity contribution in [2.75, 3.05) is 25.0 Å². The third-order valence-corrected chi connectivity index (χ3v) is 8.14. The van der Waals surface area contributed by atoms with Crippen LogP contribution in [0.5, 0.6) is 0 Å². The lowest BCUT2D eigenvalue weighted by molar-refractivity contribution is 0.0953. The number of halogens is 3. The van der Waals surface area contributed by atoms with E-state index in [-0.39, 0.29) is 5.91 Å². The Hall–Kier alpha value is -1.99. The van der Waals surface area contributed by atoms with Gasteiger partial charge in [-0.05, 0) is 75.4 Å². The van der Waals surface area contributed by atoms with Crippen molar-refractivity contribution in [1.29, 1.82) is 0 Å². The number of piperazine rings is 1. The van der Waals surface area contributed by atoms with Crippen LogP contribution >= 0.6 is 34.8 Å². The van der Waals surface area contributed by atoms with E-state index >= 15 is 0 Å². The molecule has 0 bridgehead atoms. The first-order valence-corrected chi connectivity index (χ1v) is 14.7. The van der Waals surface area contributed by atoms with Crippen LogP contribution in [0.15, 0.2) is 35.3 Å². The number of carbonyl (C=O) groups is 1. The van der Waals surface area contributed by atoms with Crippen LogP contribution in [0.1, 0.15) is 67.4 Å². The van der Waals surface area contributed by atoms with Crippen LogP contribution in [0.3, 0.4) is 0 Å². The van der Waals surface area contributed by atoms with Gasteiger partial charge in [0.1, 0.15) is 0 Å². The van der Waals surface area contributed by atoms with Gasteiger partial charge in [0.25, 0.3) is 5.91 Å². The van der Waals surface area contributed by atoms with Gasteiger partial charge in [-0.25, -0.2) is 4.99 Å². The molecule has 2 unspecified atom stereocenters. The molecule has 2 atom stereocenters. The van der Waals surface area contributed by atoms with Crippen molar-refractivity contribution < 1.29 is 4.79 Å². The first-order chi connectivity index (χ1) is 18.2. The maximum Gasteiger partial charge on any atom is 0.251 e. The second-order valence-corrected chi connectivity index (χ2v) is 11.9. The van der Waals surface area contributed by atoms with Gasteiger partial charge in [0, 0.05) is 47.3 Å². The van der Waals surface area contributed by atoms with E-state index in [1.807, 2.05) is 19.1 Å². The van der Waals surface area contributed by atoms with Gasteiger partial charge in [-0.1, -0.05) is 60.1 Å². The predicted octanol–water partition coefficient (Wildman–Crippen LogP) is 6.71. The average molecular weight is 579 g/mol. The summed E-state index contributed by atoms with van der Waals surface area (Å²) in [5.74, 6) is 0.706. The Morgan fingerprint density at radius 1 is 1.03 bits per heavy atom. The highest BCUT2D eigenvalue weighted by atomic mass is 35.5. The third kappa shape index (κ3) is 7.78. The molecule has 3 N–H and O–H groups in total. The zero-order valence-corrected chi connectivity index (χ0v) is 24.7. The van der Waals surface area contributed by atoms with Crippen molar-refractivity contribution in [3.8, 4) is 0 Å². The Bertz CT molecular complexity index is 1160. The van der Waals surface area contributed by atoms with E-state index in [0.717, 1.165) is 48.7 Å². The Morgan fingerprint density at radius 3 is 2.42 bits per heavy atom. The molecule has 1 saturated heterocycles. The number of anilines is 1. The SMILES string of the molecule is Cc1cc(N/C(=N/C2CCCCC2)N2CC(C)NC(C)C2)c(Cl)cc1C(=O)NCCc1ccc(Cl)cc1Cl. The normalized spacial score (nSPS) is 20.9. The summed E-state index contributed by atoms with van der Waals surface area (Å²) < 4.78 is 0. The second-order valence-electron chi connectivity index (χ2n) is 10.6. The Labute approximate surface area is 241 Å². The molecule has 1 amide bonds. The number of rotatable bonds is 6. The minimum Gasteiger partial charge on any atom is -0.352 e. The number of benzene rings is 2. The number of nitrogens with zero attached hydrogens (tertiary/aromatic N) is 2. The molecule has 4 rings (SSSR count). The molecule has 2 fully saturated rings. The Balaban J connectivity index is 1.47. The monoisotopic (exact) mass is 577 g/mol. The molecule has 2 aromatic carbocycles. The highest BCUT2D eigenvalue weighted by Crippen LogP contribution is 2.28. The van der Waals surface area contributed by atoms with Gasteiger partial charge < -0.3 is 20.9 Å². The van der Waals surface area contributed by atoms with E-state index in [0.29, 0.717) is 51.7 Å². The van der Waals surface area contributed by atoms with Gasteiger partial charge in [-0.15, -0.1) is 0 Å². The summed E-state index contributed by atoms with van der Waals surface area (Å²) in [5, 5.41) is 11.8. The number of aryl methyl sites for hydroxylation is 1. The molecule has 0 aromatic heterocycles. The van der Waals surface area contributed by atoms with Gasteiger partial charge in [0.15, 0.2) is 5.96 Å². The molecule has 2 aromatic rings. The molecular weight excluding hydrogens is 541 g/mol. The highest BCUT2D eigenvalue weighted by molar-refractivity contribution is 6.35. The number of nitrogens with one attached hydrogen (secondary N) is 3. The molecule has 1 aliphatic carbocycles. The van der Waals surface area contributed by atoms with Crippen LogP contribution in [0.4, 0.5) is 5.69 Å². The van der Waals surface area contributed by atoms with Crippen molar-refractivity contribution in [2.45, 2.75) is 77.4 Å². The lowest BCUT2D eigenvalue weighted by Crippen LogP contribution is -2.57. The fourth-order valence-electron chi connectivity index (χ4n) is 5.35. The molecule has 1 saturated carbocycles. The Morgan fingerprint density at radius 2 is 1.74 bits per heavy atom. The van der Waals surface area contributed by atoms with Crippen molar-refractivity contribution in [3.63, 3.8) is 0 Å². The first kappa shape index (κ1) is 29.0. The molecule has 1 heterocycles. The first-order valence-electron chi connectivity index (χ1n) is 13.6. The predicted molar refractivity (Wildman–Crippen MR) is 160 cm³/mol. The lowest BCUT2D eigenvalue weighted by atomic mass is 9.96. The van der Waals surface area contributed by atoms with E-state index in [9.17, 15) is 4.79 Å². The smallest absolute Gasteiger partial charge is 0.251 e. The molecule has 9 heteroatoms. The topological polar surface area (TPSA) is 68.8 Å². The van der Waals surface area contributed by atoms with Gasteiger partial charge >= 0.3 is 0 Å². The molecule has 206 valence electrons. The zero-order chi connectivity index (χ0) is 27.2. The minimum absolute atomic E-state index is 0.165. The number of guanidine groups is 1. The number of hydrogen-bond donors (Lipinski definition) is 3. The highest BCUT2D eigenvalue weighted by Gasteiger charge is 2.26. The quantitative estimate of drug-likeness (QED) is 0.263. The van der Waals surface area contributed by atoms with E-state index in [2.05, 4.69) is 34.7 Å². The van der Waals surface area contributed by atoms with E-state index in [4.69, 9.17) is 39.8 Å². The van der Waals surface area contributed by atoms with Crippen LogP contribution in [0.25, 0.3) is 0 Å². The summed E-state index contributed by atoms with van der Waals surface area (Å²) in [4.78, 5) is 20.5. The number of hydrogen-bond acceptors (Lipinski definition) is 3. The summed E-state index contributed by atoms with van der Waals surface area (Å²) in [7, 11) is 0. The van der Waals surface area contributed by atoms with Crippen molar-refractivity contribution in [2.24, 2.45) is 4.99 Å². The van der Waals surface area contributed by atoms with Crippen LogP contribution in [-0.4, -0.2) is 54.5 Å². The maximum absolute atomic E-state index is 13.0. The van der Waals surface area contributed by atoms with E-state index < -0.39 is 0 Å². The summed E-state index contributed by atoms with van der Waals surface area (Å²) in [5.41, 5.74) is 3.10. The summed E-state index contributed by atoms with van der Waals surface area (Å²) in [6.07, 6.45) is 6.59. The summed E-state index contributed by atoms with van der Waals surface area (Å²) in [6, 6.07) is 10.1. The van der Waals surface area contributed by atoms with Gasteiger partial charge in [0.2, 0.25) is 0 Å². The number of amides is 1. The van der Waals surface area contributed by atoms with Crippen molar-refractivity contribution >= 4 is 52.4 Å². The van der Waals surface area contributed by atoms with E-state index in [1.54, 1.807) is 18.2 Å². The molecule has 38 heavy (non-hydrogen) atoms. The van der Waals surface area contributed by atoms with Gasteiger partial charge in [-0.2, -0.15) is 0 Å². The molecule has 2 aliphatic rings. The lowest BCUT2D eigenvalue weighted by Gasteiger charge is -2.38. The fourth-order valence-corrected chi connectivity index (χ4v) is 6.06. The van der Waals surface area contributed by atoms with Crippen molar-refractivity contribution in [3.05, 3.63) is 62.1 Å². The van der Waals surface area contributed by atoms with Crippen LogP contribution in [0, 0.1) is 6.92 Å². The standard InChI is InChI=1S/C29H38Cl3N5O/c1-18-13-27(26(32)15-24(18)28(38)33-12-11-21-9-10-22(30)14-25(21)31)36-29(35-23-7-5-4-6-8-23)37-16-19(2)34-20(3)17-37/h9-10,13-15,19-20,23,34H,4-8,11-12,16-17H2,1-3H3,(H,33,38)(H,35,36).